The number of fused-ring (bicyclic) bond motifs is 1. The summed E-state index contributed by atoms with van der Waals surface area (Å²) in [6.07, 6.45) is 4.49. The van der Waals surface area contributed by atoms with Gasteiger partial charge >= 0.3 is 5.97 Å². The van der Waals surface area contributed by atoms with Crippen LogP contribution in [0.5, 0.6) is 5.88 Å². The Kier molecular flexibility index (Phi) is 8.51. The molecule has 0 radical (unpaired) electrons. The molecule has 8 nitrogen and oxygen atoms in total. The van der Waals surface area contributed by atoms with Crippen LogP contribution < -0.4 is 4.74 Å². The highest BCUT2D eigenvalue weighted by atomic mass is 35.5. The Balaban J connectivity index is 1.14. The number of methoxy groups -OCH3 is 1. The first-order valence-electron chi connectivity index (χ1n) is 14.1. The minimum Gasteiger partial charge on any atom is -0.473 e. The number of halogens is 2. The molecule has 42 heavy (non-hydrogen) atoms. The molecule has 218 valence electrons. The van der Waals surface area contributed by atoms with Crippen LogP contribution in [0, 0.1) is 5.82 Å². The summed E-state index contributed by atoms with van der Waals surface area (Å²) < 4.78 is 32.8. The number of esters is 1. The molecule has 1 atom stereocenters. The number of carbonyl (C=O) groups is 1. The lowest BCUT2D eigenvalue weighted by Gasteiger charge is -2.29. The van der Waals surface area contributed by atoms with Crippen molar-refractivity contribution in [3.8, 4) is 5.88 Å². The Morgan fingerprint density at radius 3 is 2.79 bits per heavy atom. The lowest BCUT2D eigenvalue weighted by molar-refractivity contribution is -0.139. The van der Waals surface area contributed by atoms with E-state index in [9.17, 15) is 9.18 Å². The van der Waals surface area contributed by atoms with E-state index in [-0.39, 0.29) is 25.1 Å². The first kappa shape index (κ1) is 28.3. The molecule has 0 bridgehead atoms. The smallest absolute Gasteiger partial charge is 0.309 e. The van der Waals surface area contributed by atoms with Crippen LogP contribution in [0.4, 0.5) is 4.39 Å². The number of pyridine rings is 1. The van der Waals surface area contributed by atoms with E-state index in [4.69, 9.17) is 30.8 Å². The molecule has 2 aromatic heterocycles. The number of ether oxygens (including phenoxy) is 3. The Morgan fingerprint density at radius 2 is 2.05 bits per heavy atom. The van der Waals surface area contributed by atoms with Crippen molar-refractivity contribution in [2.45, 2.75) is 45.1 Å². The summed E-state index contributed by atoms with van der Waals surface area (Å²) in [6.45, 7) is 3.94. The summed E-state index contributed by atoms with van der Waals surface area (Å²) in [5.74, 6) is 0.762. The minimum absolute atomic E-state index is 0.0728. The lowest BCUT2D eigenvalue weighted by atomic mass is 10.0. The third-order valence-electron chi connectivity index (χ3n) is 7.75. The van der Waals surface area contributed by atoms with Crippen LogP contribution in [-0.2, 0) is 40.4 Å². The van der Waals surface area contributed by atoms with Crippen molar-refractivity contribution in [1.29, 1.82) is 0 Å². The third-order valence-corrected chi connectivity index (χ3v) is 7.98. The third kappa shape index (κ3) is 6.48. The zero-order valence-corrected chi connectivity index (χ0v) is 24.1. The number of imidazole rings is 1. The summed E-state index contributed by atoms with van der Waals surface area (Å²) in [6, 6.07) is 16.2. The van der Waals surface area contributed by atoms with E-state index in [0.29, 0.717) is 23.0 Å². The van der Waals surface area contributed by atoms with E-state index in [1.165, 1.54) is 13.2 Å². The van der Waals surface area contributed by atoms with Crippen LogP contribution in [0.2, 0.25) is 5.02 Å². The van der Waals surface area contributed by atoms with Crippen molar-refractivity contribution in [3.63, 3.8) is 0 Å². The van der Waals surface area contributed by atoms with E-state index < -0.39 is 5.82 Å². The van der Waals surface area contributed by atoms with Gasteiger partial charge in [-0.1, -0.05) is 35.9 Å². The zero-order chi connectivity index (χ0) is 29.1. The standard InChI is InChI=1S/C32H32ClFN4O4/c1-40-32(39)16-21-5-8-29-28(15-21)35-30(38(29)18-25-11-14-41-25)19-37-12-9-22(10-13-37)27-3-2-4-31(36-27)42-20-23-6-7-24(33)17-26(23)34/h2-9,15,17,25H,10-14,16,18-20H2,1H3/t25-/m0/s1. The number of carbonyl (C=O) groups excluding carboxylic acids is 1. The Morgan fingerprint density at radius 1 is 1.17 bits per heavy atom. The molecule has 0 aliphatic carbocycles. The van der Waals surface area contributed by atoms with Gasteiger partial charge in [0, 0.05) is 36.3 Å². The van der Waals surface area contributed by atoms with Gasteiger partial charge in [0.1, 0.15) is 18.2 Å². The first-order valence-corrected chi connectivity index (χ1v) is 14.4. The van der Waals surface area contributed by atoms with Crippen molar-refractivity contribution < 1.29 is 23.4 Å². The van der Waals surface area contributed by atoms with Crippen molar-refractivity contribution >= 4 is 34.2 Å². The molecule has 10 heteroatoms. The maximum atomic E-state index is 14.1. The summed E-state index contributed by atoms with van der Waals surface area (Å²) in [7, 11) is 1.40. The average Bonchev–Trinajstić information content (AvgIpc) is 3.30. The molecule has 2 aliphatic rings. The molecular weight excluding hydrogens is 559 g/mol. The van der Waals surface area contributed by atoms with Gasteiger partial charge in [-0.25, -0.2) is 14.4 Å². The van der Waals surface area contributed by atoms with Crippen molar-refractivity contribution in [1.82, 2.24) is 19.4 Å². The molecule has 6 rings (SSSR count). The second kappa shape index (κ2) is 12.6. The van der Waals surface area contributed by atoms with Crippen LogP contribution in [0.3, 0.4) is 0 Å². The summed E-state index contributed by atoms with van der Waals surface area (Å²) in [5.41, 5.74) is 5.23. The molecule has 0 unspecified atom stereocenters. The lowest BCUT2D eigenvalue weighted by Crippen LogP contribution is -2.33. The number of rotatable bonds is 10. The maximum Gasteiger partial charge on any atom is 0.309 e. The SMILES string of the molecule is COC(=O)Cc1ccc2c(c1)nc(CN1CC=C(c3cccc(OCc4ccc(Cl)cc4F)n3)CC1)n2C[C@@H]1CCO1. The van der Waals surface area contributed by atoms with Crippen LogP contribution >= 0.6 is 11.6 Å². The van der Waals surface area contributed by atoms with Gasteiger partial charge < -0.3 is 18.8 Å². The molecule has 2 aromatic carbocycles. The van der Waals surface area contributed by atoms with Gasteiger partial charge in [0.25, 0.3) is 0 Å². The largest absolute Gasteiger partial charge is 0.473 e. The van der Waals surface area contributed by atoms with Gasteiger partial charge in [0.15, 0.2) is 0 Å². The van der Waals surface area contributed by atoms with E-state index in [0.717, 1.165) is 72.8 Å². The molecule has 0 spiro atoms. The van der Waals surface area contributed by atoms with Crippen LogP contribution in [0.1, 0.15) is 35.5 Å². The topological polar surface area (TPSA) is 78.7 Å². The highest BCUT2D eigenvalue weighted by Gasteiger charge is 2.24. The Labute approximate surface area is 248 Å². The normalized spacial score (nSPS) is 17.1. The predicted octanol–water partition coefficient (Wildman–Crippen LogP) is 5.60. The Bertz CT molecular complexity index is 1630. The van der Waals surface area contributed by atoms with Gasteiger partial charge in [-0.3, -0.25) is 9.69 Å². The van der Waals surface area contributed by atoms with E-state index in [1.807, 2.05) is 30.3 Å². The number of aromatic nitrogens is 3. The summed E-state index contributed by atoms with van der Waals surface area (Å²) in [4.78, 5) is 23.8. The predicted molar refractivity (Wildman–Crippen MR) is 158 cm³/mol. The molecule has 1 fully saturated rings. The van der Waals surface area contributed by atoms with Gasteiger partial charge in [0.05, 0.1) is 49.5 Å². The zero-order valence-electron chi connectivity index (χ0n) is 23.4. The fraction of sp³-hybridized carbons (Fsp3) is 0.344. The minimum atomic E-state index is -0.399. The molecule has 1 saturated heterocycles. The van der Waals surface area contributed by atoms with Gasteiger partial charge in [-0.2, -0.15) is 0 Å². The van der Waals surface area contributed by atoms with Gasteiger partial charge in [-0.15, -0.1) is 0 Å². The van der Waals surface area contributed by atoms with Gasteiger partial charge in [-0.05, 0) is 54.3 Å². The molecule has 0 amide bonds. The number of hydrogen-bond acceptors (Lipinski definition) is 7. The van der Waals surface area contributed by atoms with Crippen molar-refractivity contribution in [2.24, 2.45) is 0 Å². The number of benzene rings is 2. The number of hydrogen-bond donors (Lipinski definition) is 0. The molecule has 4 aromatic rings. The van der Waals surface area contributed by atoms with E-state index >= 15 is 0 Å². The average molecular weight is 591 g/mol. The summed E-state index contributed by atoms with van der Waals surface area (Å²) >= 11 is 5.85. The fourth-order valence-corrected chi connectivity index (χ4v) is 5.44. The highest BCUT2D eigenvalue weighted by Crippen LogP contribution is 2.27. The Hall–Kier alpha value is -3.79. The van der Waals surface area contributed by atoms with Crippen LogP contribution in [0.25, 0.3) is 16.6 Å². The first-order chi connectivity index (χ1) is 20.4. The second-order valence-corrected chi connectivity index (χ2v) is 11.0. The quantitative estimate of drug-likeness (QED) is 0.223. The molecular formula is C32H32ClFN4O4. The highest BCUT2D eigenvalue weighted by molar-refractivity contribution is 6.30. The fourth-order valence-electron chi connectivity index (χ4n) is 5.28. The number of nitrogens with zero attached hydrogens (tertiary/aromatic N) is 4. The molecule has 4 heterocycles. The van der Waals surface area contributed by atoms with E-state index in [1.54, 1.807) is 18.2 Å². The summed E-state index contributed by atoms with van der Waals surface area (Å²) in [5, 5.41) is 0.351. The van der Waals surface area contributed by atoms with Crippen LogP contribution in [0.15, 0.2) is 60.7 Å². The molecule has 0 N–H and O–H groups in total. The molecule has 0 saturated carbocycles. The second-order valence-electron chi connectivity index (χ2n) is 10.6. The van der Waals surface area contributed by atoms with Crippen molar-refractivity contribution in [3.05, 3.63) is 94.2 Å². The van der Waals surface area contributed by atoms with E-state index in [2.05, 4.69) is 20.5 Å². The van der Waals surface area contributed by atoms with Crippen molar-refractivity contribution in [2.75, 3.05) is 26.8 Å². The maximum absolute atomic E-state index is 14.1. The van der Waals surface area contributed by atoms with Crippen LogP contribution in [-0.4, -0.2) is 58.3 Å². The monoisotopic (exact) mass is 590 g/mol. The van der Waals surface area contributed by atoms with Gasteiger partial charge in [0.2, 0.25) is 5.88 Å². The molecule has 2 aliphatic heterocycles.